The summed E-state index contributed by atoms with van der Waals surface area (Å²) in [6.45, 7) is 0.600. The van der Waals surface area contributed by atoms with Crippen molar-refractivity contribution in [2.45, 2.75) is 11.8 Å². The van der Waals surface area contributed by atoms with Crippen LogP contribution in [0.1, 0.15) is 0 Å². The molecule has 3 aromatic rings. The Morgan fingerprint density at radius 2 is 1.96 bits per heavy atom. The highest BCUT2D eigenvalue weighted by atomic mass is 32.2. The third-order valence-electron chi connectivity index (χ3n) is 3.74. The van der Waals surface area contributed by atoms with E-state index in [1.165, 1.54) is 0 Å². The molecule has 0 aliphatic carbocycles. The quantitative estimate of drug-likeness (QED) is 0.692. The minimum Gasteiger partial charge on any atom is -0.595 e. The van der Waals surface area contributed by atoms with Gasteiger partial charge >= 0.3 is 0 Å². The van der Waals surface area contributed by atoms with Crippen LogP contribution in [0.5, 0.6) is 0 Å². The fraction of sp³-hybridized carbons (Fsp3) is 0.133. The van der Waals surface area contributed by atoms with Crippen LogP contribution in [0, 0.1) is 5.21 Å². The minimum atomic E-state index is -0.943. The first-order chi connectivity index (χ1) is 11.7. The smallest absolute Gasteiger partial charge is 0.194 e. The molecule has 1 aliphatic rings. The van der Waals surface area contributed by atoms with Gasteiger partial charge in [-0.15, -0.1) is 10.2 Å². The molecule has 0 saturated carbocycles. The summed E-state index contributed by atoms with van der Waals surface area (Å²) in [4.78, 5) is 6.52. The summed E-state index contributed by atoms with van der Waals surface area (Å²) in [6, 6.07) is 12.5. The summed E-state index contributed by atoms with van der Waals surface area (Å²) in [5, 5.41) is 28.4. The van der Waals surface area contributed by atoms with Gasteiger partial charge in [-0.3, -0.25) is 4.57 Å². The second-order valence-corrected chi connectivity index (χ2v) is 6.17. The molecular formula is C15H14N6O2S. The SMILES string of the molecule is [O-][NH+](O)c1ccc(-c2nnc3n2CN(c2ccccn2)CS3)cc1. The number of nitrogens with one attached hydrogen (secondary N) is 1. The van der Waals surface area contributed by atoms with Crippen molar-refractivity contribution in [1.82, 2.24) is 19.7 Å². The Morgan fingerprint density at radius 3 is 2.67 bits per heavy atom. The molecule has 1 aliphatic heterocycles. The van der Waals surface area contributed by atoms with Crippen molar-refractivity contribution in [3.8, 4) is 11.4 Å². The zero-order valence-electron chi connectivity index (χ0n) is 12.5. The number of rotatable bonds is 3. The lowest BCUT2D eigenvalue weighted by atomic mass is 10.2. The summed E-state index contributed by atoms with van der Waals surface area (Å²) in [5.41, 5.74) is 1.09. The number of aromatic nitrogens is 4. The van der Waals surface area contributed by atoms with Crippen LogP contribution in [0.25, 0.3) is 11.4 Å². The Bertz CT molecular complexity index is 837. The Balaban J connectivity index is 1.65. The molecule has 0 saturated heterocycles. The predicted molar refractivity (Wildman–Crippen MR) is 88.7 cm³/mol. The van der Waals surface area contributed by atoms with E-state index in [4.69, 9.17) is 5.21 Å². The molecule has 2 aromatic heterocycles. The molecule has 0 fully saturated rings. The standard InChI is InChI=1S/C15H14N6O2S/c22-21(23)12-6-4-11(5-7-12)14-17-18-15-20(14)9-19(10-24-15)13-3-1-2-8-16-13/h1-8,21-22H,9-10H2. The van der Waals surface area contributed by atoms with Gasteiger partial charge in [0.2, 0.25) is 0 Å². The molecule has 9 heteroatoms. The first-order valence-electron chi connectivity index (χ1n) is 7.28. The van der Waals surface area contributed by atoms with E-state index < -0.39 is 5.23 Å². The van der Waals surface area contributed by atoms with Crippen LogP contribution < -0.4 is 10.1 Å². The number of fused-ring (bicyclic) bond motifs is 1. The van der Waals surface area contributed by atoms with E-state index in [0.717, 1.165) is 28.2 Å². The van der Waals surface area contributed by atoms with Gasteiger partial charge in [-0.25, -0.2) is 10.2 Å². The van der Waals surface area contributed by atoms with Crippen molar-refractivity contribution in [3.63, 3.8) is 0 Å². The molecule has 122 valence electrons. The van der Waals surface area contributed by atoms with Crippen molar-refractivity contribution in [2.75, 3.05) is 10.8 Å². The summed E-state index contributed by atoms with van der Waals surface area (Å²) < 4.78 is 2.01. The average molecular weight is 342 g/mol. The van der Waals surface area contributed by atoms with Gasteiger partial charge in [0.1, 0.15) is 12.5 Å². The predicted octanol–water partition coefficient (Wildman–Crippen LogP) is 1.27. The lowest BCUT2D eigenvalue weighted by Gasteiger charge is -2.28. The fourth-order valence-corrected chi connectivity index (χ4v) is 3.41. The van der Waals surface area contributed by atoms with Crippen molar-refractivity contribution < 1.29 is 10.4 Å². The molecule has 24 heavy (non-hydrogen) atoms. The van der Waals surface area contributed by atoms with Crippen molar-refractivity contribution in [1.29, 1.82) is 0 Å². The molecule has 4 rings (SSSR count). The molecule has 0 amide bonds. The van der Waals surface area contributed by atoms with E-state index in [0.29, 0.717) is 6.67 Å². The molecular weight excluding hydrogens is 328 g/mol. The number of thioether (sulfide) groups is 1. The number of benzene rings is 1. The average Bonchev–Trinajstić information content (AvgIpc) is 3.05. The van der Waals surface area contributed by atoms with Crippen LogP contribution in [-0.2, 0) is 6.67 Å². The summed E-state index contributed by atoms with van der Waals surface area (Å²) >= 11 is 1.60. The fourth-order valence-electron chi connectivity index (χ4n) is 2.52. The third-order valence-corrected chi connectivity index (χ3v) is 4.74. The molecule has 0 bridgehead atoms. The number of nitrogens with zero attached hydrogens (tertiary/aromatic N) is 5. The highest BCUT2D eigenvalue weighted by Gasteiger charge is 2.23. The van der Waals surface area contributed by atoms with E-state index >= 15 is 0 Å². The second kappa shape index (κ2) is 6.21. The van der Waals surface area contributed by atoms with Gasteiger partial charge < -0.3 is 10.1 Å². The van der Waals surface area contributed by atoms with E-state index in [1.807, 2.05) is 22.8 Å². The number of hydrogen-bond acceptors (Lipinski definition) is 7. The maximum atomic E-state index is 11.0. The first kappa shape index (κ1) is 15.1. The largest absolute Gasteiger partial charge is 0.595 e. The summed E-state index contributed by atoms with van der Waals surface area (Å²) in [7, 11) is 0. The van der Waals surface area contributed by atoms with Crippen molar-refractivity contribution in [3.05, 3.63) is 53.9 Å². The van der Waals surface area contributed by atoms with Gasteiger partial charge in [-0.1, -0.05) is 17.8 Å². The molecule has 0 radical (unpaired) electrons. The zero-order chi connectivity index (χ0) is 16.5. The Hall–Kier alpha value is -2.46. The van der Waals surface area contributed by atoms with Crippen molar-refractivity contribution >= 4 is 23.3 Å². The van der Waals surface area contributed by atoms with E-state index in [1.54, 1.807) is 42.2 Å². The molecule has 8 nitrogen and oxygen atoms in total. The van der Waals surface area contributed by atoms with Crippen LogP contribution in [0.15, 0.2) is 53.8 Å². The number of hydrogen-bond donors (Lipinski definition) is 2. The van der Waals surface area contributed by atoms with Gasteiger partial charge in [0.05, 0.1) is 5.88 Å². The van der Waals surface area contributed by atoms with Gasteiger partial charge in [0.15, 0.2) is 16.7 Å². The van der Waals surface area contributed by atoms with E-state index in [-0.39, 0.29) is 5.69 Å². The highest BCUT2D eigenvalue weighted by molar-refractivity contribution is 7.99. The molecule has 2 N–H and O–H groups in total. The summed E-state index contributed by atoms with van der Waals surface area (Å²) in [6.07, 6.45) is 1.77. The Labute approximate surface area is 141 Å². The zero-order valence-corrected chi connectivity index (χ0v) is 13.3. The number of anilines is 1. The Morgan fingerprint density at radius 1 is 1.12 bits per heavy atom. The normalized spacial score (nSPS) is 15.2. The lowest BCUT2D eigenvalue weighted by molar-refractivity contribution is -0.991. The highest BCUT2D eigenvalue weighted by Crippen LogP contribution is 2.30. The second-order valence-electron chi connectivity index (χ2n) is 5.26. The van der Waals surface area contributed by atoms with Gasteiger partial charge in [-0.2, -0.15) is 5.23 Å². The Kier molecular flexibility index (Phi) is 3.90. The molecule has 1 aromatic carbocycles. The topological polar surface area (TPSA) is 94.6 Å². The molecule has 0 spiro atoms. The molecule has 3 heterocycles. The monoisotopic (exact) mass is 342 g/mol. The van der Waals surface area contributed by atoms with Crippen LogP contribution in [0.4, 0.5) is 11.5 Å². The van der Waals surface area contributed by atoms with Crippen LogP contribution in [0.3, 0.4) is 0 Å². The van der Waals surface area contributed by atoms with E-state index in [2.05, 4.69) is 20.1 Å². The van der Waals surface area contributed by atoms with Gasteiger partial charge in [0.25, 0.3) is 0 Å². The van der Waals surface area contributed by atoms with Crippen LogP contribution in [-0.4, -0.2) is 30.8 Å². The number of quaternary nitrogens is 1. The van der Waals surface area contributed by atoms with Crippen molar-refractivity contribution in [2.24, 2.45) is 0 Å². The van der Waals surface area contributed by atoms with Crippen LogP contribution in [0.2, 0.25) is 0 Å². The van der Waals surface area contributed by atoms with Gasteiger partial charge in [-0.05, 0) is 24.3 Å². The number of pyridine rings is 1. The third kappa shape index (κ3) is 2.74. The summed E-state index contributed by atoms with van der Waals surface area (Å²) in [5.74, 6) is 2.37. The van der Waals surface area contributed by atoms with Crippen LogP contribution >= 0.6 is 11.8 Å². The minimum absolute atomic E-state index is 0.252. The molecule has 1 atom stereocenters. The van der Waals surface area contributed by atoms with E-state index in [9.17, 15) is 5.21 Å². The molecule has 1 unspecified atom stereocenters. The lowest BCUT2D eigenvalue weighted by Crippen LogP contribution is -2.99. The first-order valence-corrected chi connectivity index (χ1v) is 8.26. The maximum absolute atomic E-state index is 11.0. The van der Waals surface area contributed by atoms with Gasteiger partial charge in [0, 0.05) is 23.9 Å². The maximum Gasteiger partial charge on any atom is 0.194 e.